The Morgan fingerprint density at radius 1 is 1.04 bits per heavy atom. The maximum atomic E-state index is 13.2. The van der Waals surface area contributed by atoms with Crippen LogP contribution in [0, 0.1) is 0 Å². The molecule has 1 amide bonds. The van der Waals surface area contributed by atoms with Gasteiger partial charge in [0, 0.05) is 18.2 Å². The summed E-state index contributed by atoms with van der Waals surface area (Å²) in [6, 6.07) is 14.8. The van der Waals surface area contributed by atoms with Crippen molar-refractivity contribution in [2.24, 2.45) is 0 Å². The Labute approximate surface area is 166 Å². The minimum atomic E-state index is 0.0889. The van der Waals surface area contributed by atoms with E-state index in [1.54, 1.807) is 20.3 Å². The predicted molar refractivity (Wildman–Crippen MR) is 111 cm³/mol. The molecular weight excluding hydrogens is 350 g/mol. The van der Waals surface area contributed by atoms with Crippen LogP contribution in [0.2, 0.25) is 0 Å². The maximum absolute atomic E-state index is 13.2. The topological polar surface area (TPSA) is 38.8 Å². The average molecular weight is 377 g/mol. The molecule has 28 heavy (non-hydrogen) atoms. The normalized spacial score (nSPS) is 18.6. The first-order chi connectivity index (χ1) is 13.7. The highest BCUT2D eigenvalue weighted by Gasteiger charge is 2.38. The van der Waals surface area contributed by atoms with Crippen LogP contribution in [-0.2, 0) is 11.2 Å². The van der Waals surface area contributed by atoms with Gasteiger partial charge in [-0.15, -0.1) is 0 Å². The standard InChI is InChI=1S/C24H27NO3/c1-27-20-14-17(15-21(16-20)28-2)10-13-24(26)25(19-11-12-19)23-9-5-7-18-6-3-4-8-22(18)23/h3-4,6,8,10,13-16,19,23H,5,7,9,11-12H2,1-2H3/b13-10+/t23-/m1/s1. The third kappa shape index (κ3) is 3.91. The van der Waals surface area contributed by atoms with Crippen LogP contribution in [0.3, 0.4) is 0 Å². The Balaban J connectivity index is 1.58. The zero-order valence-corrected chi connectivity index (χ0v) is 16.6. The highest BCUT2D eigenvalue weighted by molar-refractivity contribution is 5.92. The largest absolute Gasteiger partial charge is 0.497 e. The molecule has 0 aliphatic heterocycles. The zero-order valence-electron chi connectivity index (χ0n) is 16.6. The lowest BCUT2D eigenvalue weighted by atomic mass is 9.86. The lowest BCUT2D eigenvalue weighted by molar-refractivity contribution is -0.129. The fraction of sp³-hybridized carbons (Fsp3) is 0.375. The van der Waals surface area contributed by atoms with Gasteiger partial charge in [-0.25, -0.2) is 0 Å². The molecule has 0 saturated heterocycles. The summed E-state index contributed by atoms with van der Waals surface area (Å²) in [6.45, 7) is 0. The van der Waals surface area contributed by atoms with Crippen LogP contribution in [0.4, 0.5) is 0 Å². The Kier molecular flexibility index (Phi) is 5.38. The van der Waals surface area contributed by atoms with Gasteiger partial charge < -0.3 is 14.4 Å². The molecular formula is C24H27NO3. The summed E-state index contributed by atoms with van der Waals surface area (Å²) in [5.41, 5.74) is 3.61. The van der Waals surface area contributed by atoms with Gasteiger partial charge in [-0.3, -0.25) is 4.79 Å². The monoisotopic (exact) mass is 377 g/mol. The van der Waals surface area contributed by atoms with E-state index in [1.807, 2.05) is 24.3 Å². The molecule has 0 spiro atoms. The number of carbonyl (C=O) groups is 1. The summed E-state index contributed by atoms with van der Waals surface area (Å²) in [4.78, 5) is 15.3. The van der Waals surface area contributed by atoms with E-state index in [0.29, 0.717) is 17.5 Å². The van der Waals surface area contributed by atoms with Gasteiger partial charge in [-0.1, -0.05) is 24.3 Å². The Morgan fingerprint density at radius 3 is 2.43 bits per heavy atom. The molecule has 4 nitrogen and oxygen atoms in total. The number of rotatable bonds is 6. The van der Waals surface area contributed by atoms with Crippen LogP contribution in [-0.4, -0.2) is 31.1 Å². The van der Waals surface area contributed by atoms with Crippen molar-refractivity contribution >= 4 is 12.0 Å². The van der Waals surface area contributed by atoms with E-state index in [2.05, 4.69) is 29.2 Å². The van der Waals surface area contributed by atoms with Crippen molar-refractivity contribution < 1.29 is 14.3 Å². The summed E-state index contributed by atoms with van der Waals surface area (Å²) in [6.07, 6.45) is 9.05. The molecule has 4 rings (SSSR count). The number of ether oxygens (including phenoxy) is 2. The minimum absolute atomic E-state index is 0.0889. The van der Waals surface area contributed by atoms with Gasteiger partial charge in [0.15, 0.2) is 0 Å². The number of fused-ring (bicyclic) bond motifs is 1. The average Bonchev–Trinajstić information content (AvgIpc) is 3.57. The van der Waals surface area contributed by atoms with Crippen LogP contribution in [0.25, 0.3) is 6.08 Å². The van der Waals surface area contributed by atoms with E-state index in [9.17, 15) is 4.79 Å². The first kappa shape index (κ1) is 18.6. The summed E-state index contributed by atoms with van der Waals surface area (Å²) < 4.78 is 10.6. The smallest absolute Gasteiger partial charge is 0.247 e. The second-order valence-electron chi connectivity index (χ2n) is 7.56. The molecule has 2 aromatic carbocycles. The molecule has 0 N–H and O–H groups in total. The summed E-state index contributed by atoms with van der Waals surface area (Å²) >= 11 is 0. The van der Waals surface area contributed by atoms with Crippen molar-refractivity contribution in [2.45, 2.75) is 44.2 Å². The minimum Gasteiger partial charge on any atom is -0.497 e. The number of carbonyl (C=O) groups excluding carboxylic acids is 1. The second kappa shape index (κ2) is 8.09. The van der Waals surface area contributed by atoms with E-state index in [1.165, 1.54) is 11.1 Å². The van der Waals surface area contributed by atoms with Gasteiger partial charge in [0.2, 0.25) is 5.91 Å². The van der Waals surface area contributed by atoms with Crippen LogP contribution in [0.5, 0.6) is 11.5 Å². The maximum Gasteiger partial charge on any atom is 0.247 e. The van der Waals surface area contributed by atoms with Crippen molar-refractivity contribution in [3.63, 3.8) is 0 Å². The molecule has 2 aliphatic rings. The van der Waals surface area contributed by atoms with E-state index in [-0.39, 0.29) is 11.9 Å². The highest BCUT2D eigenvalue weighted by Crippen LogP contribution is 2.41. The number of aryl methyl sites for hydroxylation is 1. The fourth-order valence-electron chi connectivity index (χ4n) is 4.14. The Morgan fingerprint density at radius 2 is 1.75 bits per heavy atom. The molecule has 0 unspecified atom stereocenters. The Hall–Kier alpha value is -2.75. The van der Waals surface area contributed by atoms with E-state index < -0.39 is 0 Å². The number of nitrogens with zero attached hydrogens (tertiary/aromatic N) is 1. The molecule has 1 atom stereocenters. The molecule has 0 aromatic heterocycles. The van der Waals surface area contributed by atoms with Gasteiger partial charge in [0.05, 0.1) is 20.3 Å². The first-order valence-corrected chi connectivity index (χ1v) is 10.0. The van der Waals surface area contributed by atoms with Gasteiger partial charge in [-0.2, -0.15) is 0 Å². The Bertz CT molecular complexity index is 863. The van der Waals surface area contributed by atoms with Crippen molar-refractivity contribution in [1.82, 2.24) is 4.90 Å². The predicted octanol–water partition coefficient (Wildman–Crippen LogP) is 4.79. The number of amides is 1. The molecule has 4 heteroatoms. The lowest BCUT2D eigenvalue weighted by Gasteiger charge is -2.35. The summed E-state index contributed by atoms with van der Waals surface area (Å²) in [5, 5.41) is 0. The molecule has 1 fully saturated rings. The summed E-state index contributed by atoms with van der Waals surface area (Å²) in [7, 11) is 3.26. The van der Waals surface area contributed by atoms with Gasteiger partial charge in [0.1, 0.15) is 11.5 Å². The lowest BCUT2D eigenvalue weighted by Crippen LogP contribution is -2.37. The van der Waals surface area contributed by atoms with Crippen molar-refractivity contribution in [1.29, 1.82) is 0 Å². The van der Waals surface area contributed by atoms with Crippen LogP contribution >= 0.6 is 0 Å². The van der Waals surface area contributed by atoms with Crippen molar-refractivity contribution in [3.05, 3.63) is 65.2 Å². The van der Waals surface area contributed by atoms with Crippen molar-refractivity contribution in [2.75, 3.05) is 14.2 Å². The number of benzene rings is 2. The van der Waals surface area contributed by atoms with Crippen molar-refractivity contribution in [3.8, 4) is 11.5 Å². The molecule has 2 aliphatic carbocycles. The molecule has 146 valence electrons. The third-order valence-electron chi connectivity index (χ3n) is 5.66. The fourth-order valence-corrected chi connectivity index (χ4v) is 4.14. The summed E-state index contributed by atoms with van der Waals surface area (Å²) in [5.74, 6) is 1.52. The zero-order chi connectivity index (χ0) is 19.5. The van der Waals surface area contributed by atoms with E-state index in [4.69, 9.17) is 9.47 Å². The number of hydrogen-bond acceptors (Lipinski definition) is 3. The highest BCUT2D eigenvalue weighted by atomic mass is 16.5. The van der Waals surface area contributed by atoms with Crippen LogP contribution in [0.1, 0.15) is 48.4 Å². The van der Waals surface area contributed by atoms with Crippen LogP contribution < -0.4 is 9.47 Å². The van der Waals surface area contributed by atoms with E-state index >= 15 is 0 Å². The van der Waals surface area contributed by atoms with Gasteiger partial charge >= 0.3 is 0 Å². The number of hydrogen-bond donors (Lipinski definition) is 0. The second-order valence-corrected chi connectivity index (χ2v) is 7.56. The molecule has 2 aromatic rings. The third-order valence-corrected chi connectivity index (χ3v) is 5.66. The number of methoxy groups -OCH3 is 2. The quantitative estimate of drug-likeness (QED) is 0.680. The molecule has 1 saturated carbocycles. The van der Waals surface area contributed by atoms with Crippen LogP contribution in [0.15, 0.2) is 48.5 Å². The molecule has 0 radical (unpaired) electrons. The molecule has 0 bridgehead atoms. The SMILES string of the molecule is COc1cc(/C=C/C(=O)N(C2CC2)[C@@H]2CCCc3ccccc32)cc(OC)c1. The first-order valence-electron chi connectivity index (χ1n) is 10.0. The molecule has 0 heterocycles. The van der Waals surface area contributed by atoms with E-state index in [0.717, 1.165) is 37.7 Å². The van der Waals surface area contributed by atoms with Gasteiger partial charge in [0.25, 0.3) is 0 Å². The van der Waals surface area contributed by atoms with Gasteiger partial charge in [-0.05, 0) is 67.0 Å².